The van der Waals surface area contributed by atoms with E-state index in [1.54, 1.807) is 20.8 Å². The predicted molar refractivity (Wildman–Crippen MR) is 69.4 cm³/mol. The van der Waals surface area contributed by atoms with Crippen LogP contribution in [0.4, 0.5) is 4.39 Å². The fourth-order valence-electron chi connectivity index (χ4n) is 1.19. The fourth-order valence-corrected chi connectivity index (χ4v) is 1.19. The van der Waals surface area contributed by atoms with E-state index in [9.17, 15) is 14.0 Å². The van der Waals surface area contributed by atoms with Crippen LogP contribution in [-0.2, 0) is 19.7 Å². The van der Waals surface area contributed by atoms with Crippen LogP contribution >= 0.6 is 0 Å². The zero-order valence-electron chi connectivity index (χ0n) is 11.6. The largest absolute Gasteiger partial charge is 0.481 e. The number of carboxylic acids is 1. The molecule has 0 saturated heterocycles. The van der Waals surface area contributed by atoms with E-state index < -0.39 is 11.4 Å². The average molecular weight is 270 g/mol. The van der Waals surface area contributed by atoms with Gasteiger partial charge in [-0.15, -0.1) is 0 Å². The number of rotatable bonds is 3. The number of ether oxygens (including phenoxy) is 1. The number of carboxylic acid groups (broad SMARTS) is 1. The molecule has 0 saturated carbocycles. The Kier molecular flexibility index (Phi) is 6.75. The van der Waals surface area contributed by atoms with Gasteiger partial charge < -0.3 is 9.84 Å². The van der Waals surface area contributed by atoms with Crippen LogP contribution in [0, 0.1) is 5.82 Å². The number of benzene rings is 1. The van der Waals surface area contributed by atoms with Gasteiger partial charge in [-0.1, -0.05) is 12.1 Å². The summed E-state index contributed by atoms with van der Waals surface area (Å²) in [4.78, 5) is 20.6. The molecule has 0 unspecified atom stereocenters. The molecule has 0 heterocycles. The van der Waals surface area contributed by atoms with E-state index in [-0.39, 0.29) is 11.8 Å². The fraction of sp³-hybridized carbons (Fsp3) is 0.429. The summed E-state index contributed by atoms with van der Waals surface area (Å²) in [5, 5.41) is 8.87. The summed E-state index contributed by atoms with van der Waals surface area (Å²) in [6.45, 7) is 6.82. The molecule has 0 aliphatic heterocycles. The summed E-state index contributed by atoms with van der Waals surface area (Å²) in [7, 11) is 0. The lowest BCUT2D eigenvalue weighted by Gasteiger charge is -2.19. The first kappa shape index (κ1) is 17.1. The second-order valence-corrected chi connectivity index (χ2v) is 4.36. The second-order valence-electron chi connectivity index (χ2n) is 4.36. The van der Waals surface area contributed by atoms with Crippen molar-refractivity contribution in [1.29, 1.82) is 0 Å². The van der Waals surface area contributed by atoms with Gasteiger partial charge in [0.05, 0.1) is 12.0 Å². The Balaban J connectivity index is 0.000000459. The van der Waals surface area contributed by atoms with E-state index in [0.29, 0.717) is 12.2 Å². The predicted octanol–water partition coefficient (Wildman–Crippen LogP) is 2.76. The smallest absolute Gasteiger partial charge is 0.313 e. The first-order chi connectivity index (χ1) is 8.71. The molecule has 0 aromatic heterocycles. The molecule has 0 fully saturated rings. The Morgan fingerprint density at radius 2 is 1.74 bits per heavy atom. The van der Waals surface area contributed by atoms with E-state index in [4.69, 9.17) is 5.11 Å². The summed E-state index contributed by atoms with van der Waals surface area (Å²) in [6, 6.07) is 5.51. The molecule has 0 aliphatic rings. The number of esters is 1. The third-order valence-electron chi connectivity index (χ3n) is 2.45. The van der Waals surface area contributed by atoms with Crippen molar-refractivity contribution in [2.24, 2.45) is 0 Å². The van der Waals surface area contributed by atoms with E-state index in [1.807, 2.05) is 0 Å². The Morgan fingerprint density at radius 1 is 1.26 bits per heavy atom. The number of halogens is 1. The van der Waals surface area contributed by atoms with Crippen LogP contribution in [0.3, 0.4) is 0 Å². The van der Waals surface area contributed by atoms with Crippen LogP contribution in [0.25, 0.3) is 0 Å². The first-order valence-corrected chi connectivity index (χ1v) is 5.84. The van der Waals surface area contributed by atoms with Crippen molar-refractivity contribution in [2.75, 3.05) is 6.61 Å². The molecule has 4 nitrogen and oxygen atoms in total. The van der Waals surface area contributed by atoms with Gasteiger partial charge in [-0.3, -0.25) is 9.59 Å². The maximum Gasteiger partial charge on any atom is 0.313 e. The van der Waals surface area contributed by atoms with Gasteiger partial charge in [-0.2, -0.15) is 0 Å². The highest BCUT2D eigenvalue weighted by molar-refractivity contribution is 5.80. The molecule has 1 aromatic rings. The summed E-state index contributed by atoms with van der Waals surface area (Å²) in [5.74, 6) is -1.48. The maximum absolute atomic E-state index is 12.5. The third kappa shape index (κ3) is 5.99. The van der Waals surface area contributed by atoms with E-state index >= 15 is 0 Å². The number of carbonyl (C=O) groups is 2. The zero-order chi connectivity index (χ0) is 15.1. The van der Waals surface area contributed by atoms with Crippen LogP contribution in [0.2, 0.25) is 0 Å². The standard InChI is InChI=1S/C10H11FO2.C4H8O2/c1-10(2,9(12)13)7-3-5-8(11)6-4-7;1-3-6-4(2)5/h3-6H,1-2H3,(H,12,13);3H2,1-2H3. The molecule has 0 amide bonds. The lowest BCUT2D eigenvalue weighted by molar-refractivity contribution is -0.142. The highest BCUT2D eigenvalue weighted by Gasteiger charge is 2.28. The van der Waals surface area contributed by atoms with Gasteiger partial charge in [0.2, 0.25) is 0 Å². The lowest BCUT2D eigenvalue weighted by atomic mass is 9.85. The van der Waals surface area contributed by atoms with E-state index in [2.05, 4.69) is 4.74 Å². The van der Waals surface area contributed by atoms with Crippen LogP contribution < -0.4 is 0 Å². The van der Waals surface area contributed by atoms with Gasteiger partial charge in [0.1, 0.15) is 5.82 Å². The van der Waals surface area contributed by atoms with Gasteiger partial charge >= 0.3 is 11.9 Å². The lowest BCUT2D eigenvalue weighted by Crippen LogP contribution is -2.28. The van der Waals surface area contributed by atoms with Crippen molar-refractivity contribution in [2.45, 2.75) is 33.1 Å². The average Bonchev–Trinajstić information content (AvgIpc) is 2.30. The van der Waals surface area contributed by atoms with Crippen LogP contribution in [0.5, 0.6) is 0 Å². The number of carbonyl (C=O) groups excluding carboxylic acids is 1. The Morgan fingerprint density at radius 3 is 2.00 bits per heavy atom. The highest BCUT2D eigenvalue weighted by atomic mass is 19.1. The first-order valence-electron chi connectivity index (χ1n) is 5.84. The molecule has 106 valence electrons. The van der Waals surface area contributed by atoms with Crippen molar-refractivity contribution in [3.8, 4) is 0 Å². The summed E-state index contributed by atoms with van der Waals surface area (Å²) >= 11 is 0. The van der Waals surface area contributed by atoms with Gasteiger partial charge in [0.15, 0.2) is 0 Å². The Labute approximate surface area is 112 Å². The molecule has 0 radical (unpaired) electrons. The van der Waals surface area contributed by atoms with E-state index in [0.717, 1.165) is 0 Å². The van der Waals surface area contributed by atoms with Gasteiger partial charge in [-0.05, 0) is 38.5 Å². The zero-order valence-corrected chi connectivity index (χ0v) is 11.6. The van der Waals surface area contributed by atoms with Crippen LogP contribution in [0.1, 0.15) is 33.3 Å². The summed E-state index contributed by atoms with van der Waals surface area (Å²) in [6.07, 6.45) is 0. The molecular formula is C14H19FO4. The van der Waals surface area contributed by atoms with Crippen LogP contribution in [-0.4, -0.2) is 23.7 Å². The van der Waals surface area contributed by atoms with Crippen LogP contribution in [0.15, 0.2) is 24.3 Å². The van der Waals surface area contributed by atoms with Gasteiger partial charge in [-0.25, -0.2) is 4.39 Å². The monoisotopic (exact) mass is 270 g/mol. The second kappa shape index (κ2) is 7.51. The molecule has 0 bridgehead atoms. The minimum atomic E-state index is -0.965. The van der Waals surface area contributed by atoms with Crippen molar-refractivity contribution >= 4 is 11.9 Å². The molecule has 0 spiro atoms. The van der Waals surface area contributed by atoms with E-state index in [1.165, 1.54) is 31.2 Å². The Hall–Kier alpha value is -1.91. The number of aliphatic carboxylic acids is 1. The van der Waals surface area contributed by atoms with Gasteiger partial charge in [0, 0.05) is 6.92 Å². The third-order valence-corrected chi connectivity index (χ3v) is 2.45. The molecular weight excluding hydrogens is 251 g/mol. The molecule has 1 rings (SSSR count). The van der Waals surface area contributed by atoms with Crippen molar-refractivity contribution in [3.05, 3.63) is 35.6 Å². The van der Waals surface area contributed by atoms with Gasteiger partial charge in [0.25, 0.3) is 0 Å². The topological polar surface area (TPSA) is 63.6 Å². The number of hydrogen-bond acceptors (Lipinski definition) is 3. The summed E-state index contributed by atoms with van der Waals surface area (Å²) < 4.78 is 16.9. The van der Waals surface area contributed by atoms with Crippen molar-refractivity contribution in [3.63, 3.8) is 0 Å². The van der Waals surface area contributed by atoms with Crippen molar-refractivity contribution in [1.82, 2.24) is 0 Å². The SMILES string of the molecule is CC(C)(C(=O)O)c1ccc(F)cc1.CCOC(C)=O. The minimum Gasteiger partial charge on any atom is -0.481 e. The molecule has 0 atom stereocenters. The Bertz CT molecular complexity index is 424. The summed E-state index contributed by atoms with van der Waals surface area (Å²) in [5.41, 5.74) is -0.366. The minimum absolute atomic E-state index is 0.211. The normalized spacial score (nSPS) is 10.2. The van der Waals surface area contributed by atoms with Crippen molar-refractivity contribution < 1.29 is 23.8 Å². The molecule has 1 N–H and O–H groups in total. The maximum atomic E-state index is 12.5. The molecule has 0 aliphatic carbocycles. The molecule has 19 heavy (non-hydrogen) atoms. The number of hydrogen-bond donors (Lipinski definition) is 1. The quantitative estimate of drug-likeness (QED) is 0.858. The highest BCUT2D eigenvalue weighted by Crippen LogP contribution is 2.23. The molecule has 5 heteroatoms. The molecule has 1 aromatic carbocycles.